The van der Waals surface area contributed by atoms with Gasteiger partial charge in [0.15, 0.2) is 0 Å². The Morgan fingerprint density at radius 1 is 1.08 bits per heavy atom. The molecule has 0 unspecified atom stereocenters. The predicted molar refractivity (Wildman–Crippen MR) is 95.4 cm³/mol. The van der Waals surface area contributed by atoms with Crippen molar-refractivity contribution in [2.24, 2.45) is 0 Å². The monoisotopic (exact) mass is 340 g/mol. The van der Waals surface area contributed by atoms with Gasteiger partial charge in [-0.3, -0.25) is 0 Å². The molecule has 25 heavy (non-hydrogen) atoms. The minimum atomic E-state index is -0.224. The first-order chi connectivity index (χ1) is 12.2. The predicted octanol–water partition coefficient (Wildman–Crippen LogP) is 3.17. The molecule has 0 saturated carbocycles. The molecule has 1 aromatic heterocycles. The van der Waals surface area contributed by atoms with E-state index in [0.29, 0.717) is 6.54 Å². The van der Waals surface area contributed by atoms with Crippen molar-refractivity contribution in [1.82, 2.24) is 15.0 Å². The summed E-state index contributed by atoms with van der Waals surface area (Å²) in [5.74, 6) is 0.708. The summed E-state index contributed by atoms with van der Waals surface area (Å²) in [6.07, 6.45) is 1.74. The number of nitrogens with one attached hydrogen (secondary N) is 1. The van der Waals surface area contributed by atoms with E-state index in [0.717, 1.165) is 48.5 Å². The van der Waals surface area contributed by atoms with E-state index in [-0.39, 0.29) is 11.9 Å². The van der Waals surface area contributed by atoms with Crippen LogP contribution in [0.4, 0.5) is 10.3 Å². The number of piperidine rings is 1. The van der Waals surface area contributed by atoms with Gasteiger partial charge in [0.25, 0.3) is 0 Å². The normalized spacial score (nSPS) is 15.8. The van der Waals surface area contributed by atoms with Crippen LogP contribution in [0.2, 0.25) is 0 Å². The third-order valence-corrected chi connectivity index (χ3v) is 4.85. The molecule has 0 amide bonds. The summed E-state index contributed by atoms with van der Waals surface area (Å²) in [5.41, 5.74) is 5.45. The molecule has 0 atom stereocenters. The molecule has 4 rings (SSSR count). The second-order valence-corrected chi connectivity index (χ2v) is 6.50. The Kier molecular flexibility index (Phi) is 4.38. The van der Waals surface area contributed by atoms with Crippen LogP contribution < -0.4 is 10.4 Å². The SMILES string of the molecule is ONC1CCN(c2nc3ccccc3n2Cc2ccc(F)cc2)CC1. The van der Waals surface area contributed by atoms with E-state index >= 15 is 0 Å². The molecule has 1 aliphatic heterocycles. The molecule has 1 aliphatic rings. The van der Waals surface area contributed by atoms with Crippen LogP contribution >= 0.6 is 0 Å². The Hall–Kier alpha value is -2.44. The zero-order valence-electron chi connectivity index (χ0n) is 13.9. The zero-order chi connectivity index (χ0) is 17.2. The van der Waals surface area contributed by atoms with Gasteiger partial charge in [-0.1, -0.05) is 24.3 Å². The van der Waals surface area contributed by atoms with Crippen molar-refractivity contribution in [1.29, 1.82) is 0 Å². The molecule has 1 fully saturated rings. The van der Waals surface area contributed by atoms with Crippen molar-refractivity contribution in [3.8, 4) is 0 Å². The van der Waals surface area contributed by atoms with Gasteiger partial charge in [-0.25, -0.2) is 14.9 Å². The Bertz CT molecular complexity index is 853. The maximum Gasteiger partial charge on any atom is 0.206 e. The number of hydrogen-bond donors (Lipinski definition) is 2. The first kappa shape index (κ1) is 16.1. The number of nitrogens with zero attached hydrogens (tertiary/aromatic N) is 3. The first-order valence-corrected chi connectivity index (χ1v) is 8.59. The van der Waals surface area contributed by atoms with E-state index in [4.69, 9.17) is 10.2 Å². The van der Waals surface area contributed by atoms with Gasteiger partial charge in [-0.15, -0.1) is 0 Å². The summed E-state index contributed by atoms with van der Waals surface area (Å²) < 4.78 is 15.4. The molecular weight excluding hydrogens is 319 g/mol. The summed E-state index contributed by atoms with van der Waals surface area (Å²) in [4.78, 5) is 7.09. The standard InChI is InChI=1S/C19H21FN4O/c20-15-7-5-14(6-8-15)13-24-18-4-2-1-3-17(18)21-19(24)23-11-9-16(22-25)10-12-23/h1-8,16,22,25H,9-13H2. The van der Waals surface area contributed by atoms with Crippen LogP contribution in [0.15, 0.2) is 48.5 Å². The fraction of sp³-hybridized carbons (Fsp3) is 0.316. The lowest BCUT2D eigenvalue weighted by molar-refractivity contribution is 0.113. The van der Waals surface area contributed by atoms with E-state index in [2.05, 4.69) is 21.0 Å². The first-order valence-electron chi connectivity index (χ1n) is 8.59. The summed E-state index contributed by atoms with van der Waals surface area (Å²) in [6.45, 7) is 2.32. The highest BCUT2D eigenvalue weighted by Crippen LogP contribution is 2.26. The van der Waals surface area contributed by atoms with Crippen LogP contribution in [0.1, 0.15) is 18.4 Å². The van der Waals surface area contributed by atoms with Gasteiger partial charge in [0.2, 0.25) is 5.95 Å². The fourth-order valence-electron chi connectivity index (χ4n) is 3.44. The molecular formula is C19H21FN4O. The van der Waals surface area contributed by atoms with Gasteiger partial charge < -0.3 is 14.7 Å². The lowest BCUT2D eigenvalue weighted by atomic mass is 10.1. The third-order valence-electron chi connectivity index (χ3n) is 4.85. The molecule has 2 heterocycles. The topological polar surface area (TPSA) is 53.3 Å². The van der Waals surface area contributed by atoms with Crippen molar-refractivity contribution in [2.75, 3.05) is 18.0 Å². The van der Waals surface area contributed by atoms with Crippen LogP contribution in [0.5, 0.6) is 0 Å². The Balaban J connectivity index is 1.69. The number of fused-ring (bicyclic) bond motifs is 1. The fourth-order valence-corrected chi connectivity index (χ4v) is 3.44. The van der Waals surface area contributed by atoms with E-state index in [1.807, 2.05) is 30.3 Å². The maximum atomic E-state index is 13.2. The van der Waals surface area contributed by atoms with Crippen molar-refractivity contribution in [3.05, 3.63) is 59.9 Å². The second kappa shape index (κ2) is 6.82. The van der Waals surface area contributed by atoms with Gasteiger partial charge >= 0.3 is 0 Å². The summed E-state index contributed by atoms with van der Waals surface area (Å²) in [5, 5.41) is 9.11. The molecule has 5 nitrogen and oxygen atoms in total. The number of rotatable bonds is 4. The van der Waals surface area contributed by atoms with Crippen molar-refractivity contribution >= 4 is 17.0 Å². The van der Waals surface area contributed by atoms with E-state index in [1.54, 1.807) is 0 Å². The number of anilines is 1. The number of hydrogen-bond acceptors (Lipinski definition) is 4. The van der Waals surface area contributed by atoms with Crippen LogP contribution in [0.25, 0.3) is 11.0 Å². The summed E-state index contributed by atoms with van der Waals surface area (Å²) in [6, 6.07) is 14.8. The molecule has 130 valence electrons. The van der Waals surface area contributed by atoms with Crippen molar-refractivity contribution in [2.45, 2.75) is 25.4 Å². The van der Waals surface area contributed by atoms with Crippen molar-refractivity contribution < 1.29 is 9.60 Å². The average Bonchev–Trinajstić information content (AvgIpc) is 3.02. The van der Waals surface area contributed by atoms with E-state index in [9.17, 15) is 4.39 Å². The summed E-state index contributed by atoms with van der Waals surface area (Å²) in [7, 11) is 0. The quantitative estimate of drug-likeness (QED) is 0.716. The minimum absolute atomic E-state index is 0.145. The number of benzene rings is 2. The van der Waals surface area contributed by atoms with Crippen molar-refractivity contribution in [3.63, 3.8) is 0 Å². The molecule has 0 spiro atoms. The number of hydroxylamine groups is 1. The highest BCUT2D eigenvalue weighted by Gasteiger charge is 2.23. The van der Waals surface area contributed by atoms with Gasteiger partial charge in [-0.05, 0) is 42.7 Å². The molecule has 2 aromatic carbocycles. The van der Waals surface area contributed by atoms with Crippen LogP contribution in [-0.4, -0.2) is 33.9 Å². The van der Waals surface area contributed by atoms with E-state index in [1.165, 1.54) is 12.1 Å². The molecule has 3 aromatic rings. The van der Waals surface area contributed by atoms with Gasteiger partial charge in [0, 0.05) is 19.1 Å². The lowest BCUT2D eigenvalue weighted by Crippen LogP contribution is -2.42. The third kappa shape index (κ3) is 3.23. The van der Waals surface area contributed by atoms with Gasteiger partial charge in [0.1, 0.15) is 5.82 Å². The molecule has 1 saturated heterocycles. The molecule has 0 radical (unpaired) electrons. The average molecular weight is 340 g/mol. The second-order valence-electron chi connectivity index (χ2n) is 6.50. The number of para-hydroxylation sites is 2. The maximum absolute atomic E-state index is 13.2. The number of aromatic nitrogens is 2. The van der Waals surface area contributed by atoms with Gasteiger partial charge in [0.05, 0.1) is 17.6 Å². The largest absolute Gasteiger partial charge is 0.342 e. The Morgan fingerprint density at radius 3 is 2.52 bits per heavy atom. The van der Waals surface area contributed by atoms with E-state index < -0.39 is 0 Å². The number of halogens is 1. The minimum Gasteiger partial charge on any atom is -0.342 e. The highest BCUT2D eigenvalue weighted by atomic mass is 19.1. The smallest absolute Gasteiger partial charge is 0.206 e. The molecule has 0 bridgehead atoms. The highest BCUT2D eigenvalue weighted by molar-refractivity contribution is 5.79. The van der Waals surface area contributed by atoms with Gasteiger partial charge in [-0.2, -0.15) is 0 Å². The molecule has 6 heteroatoms. The zero-order valence-corrected chi connectivity index (χ0v) is 13.9. The van der Waals surface area contributed by atoms with Crippen LogP contribution in [0, 0.1) is 5.82 Å². The molecule has 2 N–H and O–H groups in total. The Labute approximate surface area is 145 Å². The molecule has 0 aliphatic carbocycles. The van der Waals surface area contributed by atoms with Crippen LogP contribution in [-0.2, 0) is 6.54 Å². The van der Waals surface area contributed by atoms with Crippen LogP contribution in [0.3, 0.4) is 0 Å². The lowest BCUT2D eigenvalue weighted by Gasteiger charge is -2.32. The Morgan fingerprint density at radius 2 is 1.80 bits per heavy atom. The summed E-state index contributed by atoms with van der Waals surface area (Å²) >= 11 is 0. The number of imidazole rings is 1.